The summed E-state index contributed by atoms with van der Waals surface area (Å²) < 4.78 is 13.8. The number of imidazole rings is 1. The Morgan fingerprint density at radius 3 is 2.53 bits per heavy atom. The lowest BCUT2D eigenvalue weighted by Crippen LogP contribution is -2.13. The van der Waals surface area contributed by atoms with Gasteiger partial charge in [0, 0.05) is 0 Å². The highest BCUT2D eigenvalue weighted by Crippen LogP contribution is 2.28. The van der Waals surface area contributed by atoms with Crippen LogP contribution in [0, 0.1) is 12.7 Å². The van der Waals surface area contributed by atoms with Gasteiger partial charge in [-0.05, 0) is 30.0 Å². The van der Waals surface area contributed by atoms with E-state index >= 15 is 0 Å². The van der Waals surface area contributed by atoms with Crippen molar-refractivity contribution in [2.24, 2.45) is 0 Å². The minimum absolute atomic E-state index is 0.168. The van der Waals surface area contributed by atoms with Crippen molar-refractivity contribution in [2.75, 3.05) is 0 Å². The second-order valence-corrected chi connectivity index (χ2v) is 4.92. The third-order valence-corrected chi connectivity index (χ3v) is 2.50. The van der Waals surface area contributed by atoms with Crippen molar-refractivity contribution in [1.29, 1.82) is 0 Å². The largest absolute Gasteiger partial charge is 0.342 e. The summed E-state index contributed by atoms with van der Waals surface area (Å²) in [6, 6.07) is 3.35. The van der Waals surface area contributed by atoms with Crippen molar-refractivity contribution >= 4 is 11.0 Å². The van der Waals surface area contributed by atoms with Gasteiger partial charge in [0.2, 0.25) is 0 Å². The van der Waals surface area contributed by atoms with Crippen LogP contribution < -0.4 is 0 Å². The molecule has 0 spiro atoms. The summed E-state index contributed by atoms with van der Waals surface area (Å²) in [6.45, 7) is 7.86. The van der Waals surface area contributed by atoms with Crippen LogP contribution >= 0.6 is 0 Å². The maximum Gasteiger partial charge on any atom is 0.129 e. The van der Waals surface area contributed by atoms with E-state index in [1.165, 1.54) is 6.07 Å². The van der Waals surface area contributed by atoms with Crippen molar-refractivity contribution in [3.8, 4) is 0 Å². The zero-order chi connectivity index (χ0) is 11.2. The van der Waals surface area contributed by atoms with Crippen molar-refractivity contribution in [3.05, 3.63) is 29.3 Å². The van der Waals surface area contributed by atoms with Gasteiger partial charge in [0.15, 0.2) is 0 Å². The minimum Gasteiger partial charge on any atom is -0.342 e. The zero-order valence-electron chi connectivity index (χ0n) is 9.48. The molecule has 3 heteroatoms. The van der Waals surface area contributed by atoms with Crippen LogP contribution in [0.25, 0.3) is 11.0 Å². The van der Waals surface area contributed by atoms with Crippen molar-refractivity contribution in [2.45, 2.75) is 33.1 Å². The summed E-state index contributed by atoms with van der Waals surface area (Å²) in [6.07, 6.45) is 0. The van der Waals surface area contributed by atoms with Gasteiger partial charge in [-0.1, -0.05) is 20.8 Å². The van der Waals surface area contributed by atoms with Crippen LogP contribution in [0.1, 0.15) is 32.2 Å². The molecule has 0 radical (unpaired) electrons. The molecule has 2 nitrogen and oxygen atoms in total. The summed E-state index contributed by atoms with van der Waals surface area (Å²) in [7, 11) is 0. The topological polar surface area (TPSA) is 28.7 Å². The Labute approximate surface area is 88.5 Å². The molecule has 0 fully saturated rings. The summed E-state index contributed by atoms with van der Waals surface area (Å²) >= 11 is 0. The molecule has 0 aliphatic carbocycles. The lowest BCUT2D eigenvalue weighted by atomic mass is 9.86. The number of hydrogen-bond acceptors (Lipinski definition) is 1. The standard InChI is InChI=1S/C12H15FN2/c1-7-14-10-5-8(12(2,3)4)9(13)6-11(10)15-7/h5-6H,1-4H3,(H,14,15). The number of nitrogens with zero attached hydrogens (tertiary/aromatic N) is 1. The predicted molar refractivity (Wildman–Crippen MR) is 59.5 cm³/mol. The number of nitrogens with one attached hydrogen (secondary N) is 1. The molecule has 15 heavy (non-hydrogen) atoms. The molecule has 80 valence electrons. The molecule has 0 atom stereocenters. The fourth-order valence-electron chi connectivity index (χ4n) is 1.73. The Balaban J connectivity index is 2.72. The third-order valence-electron chi connectivity index (χ3n) is 2.50. The van der Waals surface area contributed by atoms with E-state index in [-0.39, 0.29) is 11.2 Å². The van der Waals surface area contributed by atoms with Gasteiger partial charge in [-0.3, -0.25) is 0 Å². The van der Waals surface area contributed by atoms with Gasteiger partial charge < -0.3 is 4.98 Å². The second-order valence-electron chi connectivity index (χ2n) is 4.92. The number of rotatable bonds is 0. The van der Waals surface area contributed by atoms with Crippen LogP contribution in [-0.2, 0) is 5.41 Å². The Morgan fingerprint density at radius 2 is 1.93 bits per heavy atom. The SMILES string of the molecule is Cc1nc2cc(C(C)(C)C)c(F)cc2[nH]1. The molecule has 1 heterocycles. The first-order valence-corrected chi connectivity index (χ1v) is 5.04. The zero-order valence-corrected chi connectivity index (χ0v) is 9.48. The molecule has 1 N–H and O–H groups in total. The van der Waals surface area contributed by atoms with Crippen molar-refractivity contribution in [3.63, 3.8) is 0 Å². The average Bonchev–Trinajstić information content (AvgIpc) is 2.40. The predicted octanol–water partition coefficient (Wildman–Crippen LogP) is 3.31. The Morgan fingerprint density at radius 1 is 1.27 bits per heavy atom. The minimum atomic E-state index is -0.189. The van der Waals surface area contributed by atoms with Crippen LogP contribution in [0.15, 0.2) is 12.1 Å². The summed E-state index contributed by atoms with van der Waals surface area (Å²) in [5, 5.41) is 0. The highest BCUT2D eigenvalue weighted by molar-refractivity contribution is 5.76. The number of aromatic amines is 1. The van der Waals surface area contributed by atoms with Crippen LogP contribution in [0.3, 0.4) is 0 Å². The number of aryl methyl sites for hydroxylation is 1. The van der Waals surface area contributed by atoms with Gasteiger partial charge in [-0.25, -0.2) is 9.37 Å². The van der Waals surface area contributed by atoms with Gasteiger partial charge >= 0.3 is 0 Å². The molecule has 0 amide bonds. The molecule has 1 aromatic carbocycles. The van der Waals surface area contributed by atoms with E-state index in [0.29, 0.717) is 5.56 Å². The maximum absolute atomic E-state index is 13.8. The van der Waals surface area contributed by atoms with E-state index < -0.39 is 0 Å². The number of halogens is 1. The number of hydrogen-bond donors (Lipinski definition) is 1. The normalized spacial score (nSPS) is 12.3. The fourth-order valence-corrected chi connectivity index (χ4v) is 1.73. The molecule has 1 aromatic heterocycles. The molecule has 0 aliphatic heterocycles. The number of fused-ring (bicyclic) bond motifs is 1. The molecule has 0 unspecified atom stereocenters. The third kappa shape index (κ3) is 1.74. The summed E-state index contributed by atoms with van der Waals surface area (Å²) in [5.41, 5.74) is 2.11. The first-order chi connectivity index (χ1) is 6.88. The molecule has 0 saturated heterocycles. The summed E-state index contributed by atoms with van der Waals surface area (Å²) in [4.78, 5) is 7.33. The fraction of sp³-hybridized carbons (Fsp3) is 0.417. The van der Waals surface area contributed by atoms with Crippen molar-refractivity contribution in [1.82, 2.24) is 9.97 Å². The van der Waals surface area contributed by atoms with E-state index in [1.807, 2.05) is 33.8 Å². The number of H-pyrrole nitrogens is 1. The lowest BCUT2D eigenvalue weighted by molar-refractivity contribution is 0.524. The Kier molecular flexibility index (Phi) is 2.07. The Bertz CT molecular complexity index is 506. The van der Waals surface area contributed by atoms with Gasteiger partial charge in [-0.15, -0.1) is 0 Å². The number of aromatic nitrogens is 2. The van der Waals surface area contributed by atoms with Crippen LogP contribution in [0.4, 0.5) is 4.39 Å². The monoisotopic (exact) mass is 206 g/mol. The van der Waals surface area contributed by atoms with E-state index in [9.17, 15) is 4.39 Å². The maximum atomic E-state index is 13.8. The highest BCUT2D eigenvalue weighted by atomic mass is 19.1. The van der Waals surface area contributed by atoms with Gasteiger partial charge in [-0.2, -0.15) is 0 Å². The van der Waals surface area contributed by atoms with E-state index in [2.05, 4.69) is 9.97 Å². The molecule has 0 saturated carbocycles. The van der Waals surface area contributed by atoms with Gasteiger partial charge in [0.1, 0.15) is 11.6 Å². The van der Waals surface area contributed by atoms with E-state index in [1.54, 1.807) is 0 Å². The van der Waals surface area contributed by atoms with Crippen LogP contribution in [0.2, 0.25) is 0 Å². The molecule has 2 aromatic rings. The van der Waals surface area contributed by atoms with Crippen LogP contribution in [-0.4, -0.2) is 9.97 Å². The second kappa shape index (κ2) is 3.05. The quantitative estimate of drug-likeness (QED) is 0.703. The smallest absolute Gasteiger partial charge is 0.129 e. The Hall–Kier alpha value is -1.38. The first kappa shape index (κ1) is 10.1. The molecule has 0 aliphatic rings. The average molecular weight is 206 g/mol. The molecule has 0 bridgehead atoms. The lowest BCUT2D eigenvalue weighted by Gasteiger charge is -2.19. The van der Waals surface area contributed by atoms with Gasteiger partial charge in [0.05, 0.1) is 11.0 Å². The van der Waals surface area contributed by atoms with E-state index in [4.69, 9.17) is 0 Å². The molecule has 2 rings (SSSR count). The molecular formula is C12H15FN2. The molecular weight excluding hydrogens is 191 g/mol. The first-order valence-electron chi connectivity index (χ1n) is 5.04. The van der Waals surface area contributed by atoms with Crippen molar-refractivity contribution < 1.29 is 4.39 Å². The van der Waals surface area contributed by atoms with E-state index in [0.717, 1.165) is 16.9 Å². The highest BCUT2D eigenvalue weighted by Gasteiger charge is 2.19. The van der Waals surface area contributed by atoms with Gasteiger partial charge in [0.25, 0.3) is 0 Å². The number of benzene rings is 1. The van der Waals surface area contributed by atoms with Crippen LogP contribution in [0.5, 0.6) is 0 Å². The summed E-state index contributed by atoms with van der Waals surface area (Å²) in [5.74, 6) is 0.647.